The van der Waals surface area contributed by atoms with Gasteiger partial charge in [0.15, 0.2) is 5.82 Å². The third-order valence-electron chi connectivity index (χ3n) is 4.08. The van der Waals surface area contributed by atoms with Crippen LogP contribution in [0.3, 0.4) is 0 Å². The molecule has 2 aromatic rings. The molecule has 8 heteroatoms. The van der Waals surface area contributed by atoms with Gasteiger partial charge in [0.1, 0.15) is 11.6 Å². The van der Waals surface area contributed by atoms with Crippen molar-refractivity contribution in [2.75, 3.05) is 20.3 Å². The van der Waals surface area contributed by atoms with Crippen LogP contribution in [0.4, 0.5) is 8.78 Å². The molecular weight excluding hydrogens is 320 g/mol. The predicted octanol–water partition coefficient (Wildman–Crippen LogP) is 1.84. The number of likely N-dealkylation sites (tertiary alicyclic amines) is 1. The molecule has 24 heavy (non-hydrogen) atoms. The SMILES string of the molecule is COCCc1noc(CN2C[C@@H](O)C[C@H]2c2cc(F)ccc2F)n1. The van der Waals surface area contributed by atoms with Crippen LogP contribution in [0.25, 0.3) is 0 Å². The second kappa shape index (κ2) is 7.33. The minimum atomic E-state index is -0.617. The number of methoxy groups -OCH3 is 1. The second-order valence-electron chi connectivity index (χ2n) is 5.85. The number of aromatic nitrogens is 2. The van der Waals surface area contributed by atoms with Gasteiger partial charge in [0.05, 0.1) is 19.3 Å². The first-order valence-corrected chi connectivity index (χ1v) is 7.74. The number of aliphatic hydroxyl groups is 1. The van der Waals surface area contributed by atoms with E-state index >= 15 is 0 Å². The Bertz CT molecular complexity index is 695. The summed E-state index contributed by atoms with van der Waals surface area (Å²) in [6.07, 6.45) is 0.240. The summed E-state index contributed by atoms with van der Waals surface area (Å²) >= 11 is 0. The van der Waals surface area contributed by atoms with Crippen LogP contribution in [0, 0.1) is 11.6 Å². The Kier molecular flexibility index (Phi) is 5.17. The van der Waals surface area contributed by atoms with E-state index in [1.807, 2.05) is 4.90 Å². The van der Waals surface area contributed by atoms with E-state index in [1.165, 1.54) is 6.07 Å². The minimum Gasteiger partial charge on any atom is -0.392 e. The Morgan fingerprint density at radius 3 is 3.04 bits per heavy atom. The van der Waals surface area contributed by atoms with Gasteiger partial charge in [0.2, 0.25) is 5.89 Å². The van der Waals surface area contributed by atoms with Crippen LogP contribution in [0.1, 0.15) is 29.7 Å². The molecule has 0 bridgehead atoms. The minimum absolute atomic E-state index is 0.227. The summed E-state index contributed by atoms with van der Waals surface area (Å²) < 4.78 is 37.7. The van der Waals surface area contributed by atoms with E-state index in [4.69, 9.17) is 9.26 Å². The first-order chi connectivity index (χ1) is 11.6. The number of rotatable bonds is 6. The molecule has 0 amide bonds. The Hall–Kier alpha value is -1.90. The van der Waals surface area contributed by atoms with E-state index in [2.05, 4.69) is 10.1 Å². The fraction of sp³-hybridized carbons (Fsp3) is 0.500. The maximum absolute atomic E-state index is 14.1. The lowest BCUT2D eigenvalue weighted by Gasteiger charge is -2.23. The van der Waals surface area contributed by atoms with Crippen LogP contribution in [0.15, 0.2) is 22.7 Å². The van der Waals surface area contributed by atoms with Crippen molar-refractivity contribution in [1.29, 1.82) is 0 Å². The fourth-order valence-corrected chi connectivity index (χ4v) is 2.97. The van der Waals surface area contributed by atoms with Gasteiger partial charge in [-0.15, -0.1) is 0 Å². The van der Waals surface area contributed by atoms with Crippen molar-refractivity contribution in [3.63, 3.8) is 0 Å². The van der Waals surface area contributed by atoms with E-state index in [0.29, 0.717) is 37.7 Å². The molecule has 1 aromatic heterocycles. The Morgan fingerprint density at radius 2 is 2.25 bits per heavy atom. The largest absolute Gasteiger partial charge is 0.392 e. The number of aliphatic hydroxyl groups excluding tert-OH is 1. The van der Waals surface area contributed by atoms with E-state index in [1.54, 1.807) is 7.11 Å². The molecule has 1 saturated heterocycles. The average Bonchev–Trinajstić information content (AvgIpc) is 3.14. The van der Waals surface area contributed by atoms with Crippen LogP contribution in [0.2, 0.25) is 0 Å². The van der Waals surface area contributed by atoms with Crippen molar-refractivity contribution < 1.29 is 23.1 Å². The number of benzene rings is 1. The highest BCUT2D eigenvalue weighted by Gasteiger charge is 2.34. The van der Waals surface area contributed by atoms with Crippen LogP contribution < -0.4 is 0 Å². The molecule has 1 aromatic carbocycles. The van der Waals surface area contributed by atoms with Crippen molar-refractivity contribution in [2.45, 2.75) is 31.5 Å². The summed E-state index contributed by atoms with van der Waals surface area (Å²) in [6, 6.07) is 2.91. The van der Waals surface area contributed by atoms with Crippen LogP contribution in [-0.4, -0.2) is 46.5 Å². The third kappa shape index (κ3) is 3.77. The van der Waals surface area contributed by atoms with E-state index < -0.39 is 23.8 Å². The summed E-state index contributed by atoms with van der Waals surface area (Å²) in [5.41, 5.74) is 0.227. The molecule has 1 fully saturated rings. The van der Waals surface area contributed by atoms with Gasteiger partial charge in [-0.2, -0.15) is 4.98 Å². The molecule has 0 radical (unpaired) electrons. The molecule has 1 N–H and O–H groups in total. The number of hydrogen-bond acceptors (Lipinski definition) is 6. The molecular formula is C16H19F2N3O3. The topological polar surface area (TPSA) is 71.6 Å². The second-order valence-corrected chi connectivity index (χ2v) is 5.85. The molecule has 2 heterocycles. The number of ether oxygens (including phenoxy) is 1. The number of halogens is 2. The normalized spacial score (nSPS) is 21.5. The maximum Gasteiger partial charge on any atom is 0.240 e. The van der Waals surface area contributed by atoms with E-state index in [0.717, 1.165) is 12.1 Å². The molecule has 3 rings (SSSR count). The highest BCUT2D eigenvalue weighted by Crippen LogP contribution is 2.34. The lowest BCUT2D eigenvalue weighted by molar-refractivity contribution is 0.164. The molecule has 1 aliphatic heterocycles. The van der Waals surface area contributed by atoms with Gasteiger partial charge >= 0.3 is 0 Å². The van der Waals surface area contributed by atoms with Crippen LogP contribution >= 0.6 is 0 Å². The highest BCUT2D eigenvalue weighted by molar-refractivity contribution is 5.24. The monoisotopic (exact) mass is 339 g/mol. The Morgan fingerprint density at radius 1 is 1.42 bits per heavy atom. The molecule has 0 aliphatic carbocycles. The summed E-state index contributed by atoms with van der Waals surface area (Å²) in [5.74, 6) is -0.101. The van der Waals surface area contributed by atoms with Gasteiger partial charge in [-0.05, 0) is 24.6 Å². The van der Waals surface area contributed by atoms with Gasteiger partial charge in [-0.25, -0.2) is 8.78 Å². The fourth-order valence-electron chi connectivity index (χ4n) is 2.97. The van der Waals surface area contributed by atoms with Crippen molar-refractivity contribution in [2.24, 2.45) is 0 Å². The van der Waals surface area contributed by atoms with Gasteiger partial charge < -0.3 is 14.4 Å². The lowest BCUT2D eigenvalue weighted by Crippen LogP contribution is -2.25. The van der Waals surface area contributed by atoms with Gasteiger partial charge in [-0.3, -0.25) is 4.90 Å². The first kappa shape index (κ1) is 16.9. The van der Waals surface area contributed by atoms with E-state index in [-0.39, 0.29) is 12.1 Å². The predicted molar refractivity (Wildman–Crippen MR) is 80.0 cm³/mol. The molecule has 130 valence electrons. The standard InChI is InChI=1S/C16H19F2N3O3/c1-23-5-4-15-19-16(24-20-15)9-21-8-11(22)7-14(21)12-6-10(17)2-3-13(12)18/h2-3,6,11,14,22H,4-5,7-9H2,1H3/t11-,14-/m0/s1. The number of β-amino-alcohol motifs (C(OH)–C–C–N with tert-alkyl or cyclic N) is 1. The zero-order chi connectivity index (χ0) is 17.1. The number of nitrogens with zero attached hydrogens (tertiary/aromatic N) is 3. The van der Waals surface area contributed by atoms with Gasteiger partial charge in [0, 0.05) is 31.7 Å². The third-order valence-corrected chi connectivity index (χ3v) is 4.08. The quantitative estimate of drug-likeness (QED) is 0.866. The maximum atomic E-state index is 14.1. The van der Waals surface area contributed by atoms with Crippen molar-refractivity contribution >= 4 is 0 Å². The molecule has 0 unspecified atom stereocenters. The van der Waals surface area contributed by atoms with Gasteiger partial charge in [0.25, 0.3) is 0 Å². The number of hydrogen-bond donors (Lipinski definition) is 1. The smallest absolute Gasteiger partial charge is 0.240 e. The summed E-state index contributed by atoms with van der Waals surface area (Å²) in [4.78, 5) is 6.07. The lowest BCUT2D eigenvalue weighted by atomic mass is 10.0. The van der Waals surface area contributed by atoms with Crippen LogP contribution in [0.5, 0.6) is 0 Å². The summed E-state index contributed by atoms with van der Waals surface area (Å²) in [6.45, 7) is 1.08. The Balaban J connectivity index is 1.76. The Labute approximate surface area is 138 Å². The van der Waals surface area contributed by atoms with Crippen molar-refractivity contribution in [1.82, 2.24) is 15.0 Å². The molecule has 0 spiro atoms. The molecule has 1 aliphatic rings. The highest BCUT2D eigenvalue weighted by atomic mass is 19.1. The summed E-state index contributed by atoms with van der Waals surface area (Å²) in [5, 5.41) is 13.8. The molecule has 2 atom stereocenters. The zero-order valence-corrected chi connectivity index (χ0v) is 13.3. The average molecular weight is 339 g/mol. The zero-order valence-electron chi connectivity index (χ0n) is 13.3. The summed E-state index contributed by atoms with van der Waals surface area (Å²) in [7, 11) is 1.59. The van der Waals surface area contributed by atoms with Crippen molar-refractivity contribution in [3.05, 3.63) is 47.1 Å². The van der Waals surface area contributed by atoms with Crippen LogP contribution in [-0.2, 0) is 17.7 Å². The van der Waals surface area contributed by atoms with Gasteiger partial charge in [-0.1, -0.05) is 5.16 Å². The molecule has 0 saturated carbocycles. The molecule has 6 nitrogen and oxygen atoms in total. The van der Waals surface area contributed by atoms with Crippen molar-refractivity contribution in [3.8, 4) is 0 Å². The van der Waals surface area contributed by atoms with E-state index in [9.17, 15) is 13.9 Å². The first-order valence-electron chi connectivity index (χ1n) is 7.74.